The Kier molecular flexibility index (Phi) is 4.78. The minimum Gasteiger partial charge on any atom is -0.497 e. The van der Waals surface area contributed by atoms with Gasteiger partial charge in [-0.25, -0.2) is 4.98 Å². The van der Waals surface area contributed by atoms with Crippen LogP contribution < -0.4 is 9.47 Å². The largest absolute Gasteiger partial charge is 0.497 e. The highest BCUT2D eigenvalue weighted by molar-refractivity contribution is 7.60. The van der Waals surface area contributed by atoms with Crippen LogP contribution in [0.5, 0.6) is 11.8 Å². The molecule has 2 unspecified atom stereocenters. The van der Waals surface area contributed by atoms with E-state index < -0.39 is 7.37 Å². The van der Waals surface area contributed by atoms with E-state index >= 15 is 0 Å². The summed E-state index contributed by atoms with van der Waals surface area (Å²) in [4.78, 5) is 8.24. The summed E-state index contributed by atoms with van der Waals surface area (Å²) >= 11 is 1.62. The molecule has 1 fully saturated rings. The lowest BCUT2D eigenvalue weighted by Crippen LogP contribution is -2.11. The van der Waals surface area contributed by atoms with Gasteiger partial charge in [0, 0.05) is 21.4 Å². The van der Waals surface area contributed by atoms with Gasteiger partial charge in [0.1, 0.15) is 18.0 Å². The quantitative estimate of drug-likeness (QED) is 0.612. The zero-order valence-electron chi connectivity index (χ0n) is 14.7. The predicted octanol–water partition coefficient (Wildman–Crippen LogP) is 4.76. The number of thiophene rings is 1. The van der Waals surface area contributed by atoms with Crippen LogP contribution in [0, 0.1) is 6.92 Å². The number of ether oxygens (including phenoxy) is 2. The van der Waals surface area contributed by atoms with Crippen LogP contribution in [-0.2, 0) is 9.09 Å². The van der Waals surface area contributed by atoms with Crippen molar-refractivity contribution in [1.82, 2.24) is 9.97 Å². The fourth-order valence-electron chi connectivity index (χ4n) is 3.15. The summed E-state index contributed by atoms with van der Waals surface area (Å²) in [5.74, 6) is 0.813. The van der Waals surface area contributed by atoms with Crippen LogP contribution in [0.3, 0.4) is 0 Å². The van der Waals surface area contributed by atoms with Crippen LogP contribution in [0.25, 0.3) is 10.1 Å². The van der Waals surface area contributed by atoms with Gasteiger partial charge in [0.05, 0.1) is 19.9 Å². The number of aromatic amines is 1. The molecule has 4 rings (SSSR count). The van der Waals surface area contributed by atoms with E-state index in [-0.39, 0.29) is 12.3 Å². The molecule has 2 aromatic heterocycles. The smallest absolute Gasteiger partial charge is 0.293 e. The number of nitrogens with zero attached hydrogens (tertiary/aromatic N) is 1. The molecule has 1 aliphatic heterocycles. The standard InChI is InChI=1S/C18H21N2O4PS/c1-12-10-19-18(20-12)23-11-15(25(21)7-3-6-24-25)17-8-13-4-5-14(22-2)9-16(13)26-17/h4-5,8-10,15H,3,6-7,11H2,1-2H3,(H,19,20). The fraction of sp³-hybridized carbons (Fsp3) is 0.389. The van der Waals surface area contributed by atoms with Gasteiger partial charge >= 0.3 is 0 Å². The molecule has 1 aliphatic rings. The Balaban J connectivity index is 1.66. The van der Waals surface area contributed by atoms with Gasteiger partial charge in [-0.2, -0.15) is 0 Å². The third-order valence-corrected chi connectivity index (χ3v) is 8.85. The summed E-state index contributed by atoms with van der Waals surface area (Å²) in [6.45, 7) is 2.74. The van der Waals surface area contributed by atoms with Gasteiger partial charge < -0.3 is 19.0 Å². The molecule has 8 heteroatoms. The number of hydrogen-bond acceptors (Lipinski definition) is 6. The number of aromatic nitrogens is 2. The third kappa shape index (κ3) is 3.39. The Morgan fingerprint density at radius 3 is 3.00 bits per heavy atom. The zero-order valence-corrected chi connectivity index (χ0v) is 16.4. The van der Waals surface area contributed by atoms with E-state index in [9.17, 15) is 4.57 Å². The molecule has 1 saturated heterocycles. The zero-order chi connectivity index (χ0) is 18.1. The van der Waals surface area contributed by atoms with Crippen molar-refractivity contribution >= 4 is 28.8 Å². The van der Waals surface area contributed by atoms with Crippen molar-refractivity contribution in [2.24, 2.45) is 0 Å². The maximum atomic E-state index is 13.4. The van der Waals surface area contributed by atoms with Gasteiger partial charge in [-0.15, -0.1) is 11.3 Å². The Morgan fingerprint density at radius 1 is 1.42 bits per heavy atom. The monoisotopic (exact) mass is 392 g/mol. The van der Waals surface area contributed by atoms with Gasteiger partial charge in [-0.05, 0) is 43.0 Å². The molecule has 1 aromatic carbocycles. The van der Waals surface area contributed by atoms with Gasteiger partial charge in [-0.1, -0.05) is 0 Å². The van der Waals surface area contributed by atoms with Crippen molar-refractivity contribution in [3.63, 3.8) is 0 Å². The number of rotatable bonds is 6. The van der Waals surface area contributed by atoms with Crippen LogP contribution in [0.2, 0.25) is 0 Å². The summed E-state index contributed by atoms with van der Waals surface area (Å²) < 4.78 is 31.3. The minimum absolute atomic E-state index is 0.272. The average molecular weight is 392 g/mol. The second kappa shape index (κ2) is 7.06. The molecule has 0 saturated carbocycles. The van der Waals surface area contributed by atoms with Crippen molar-refractivity contribution in [3.8, 4) is 11.8 Å². The number of nitrogens with one attached hydrogen (secondary N) is 1. The highest BCUT2D eigenvalue weighted by Crippen LogP contribution is 2.64. The highest BCUT2D eigenvalue weighted by Gasteiger charge is 2.40. The van der Waals surface area contributed by atoms with Crippen LogP contribution >= 0.6 is 18.7 Å². The first-order valence-electron chi connectivity index (χ1n) is 8.52. The Bertz CT molecular complexity index is 957. The number of benzene rings is 1. The molecule has 1 N–H and O–H groups in total. The highest BCUT2D eigenvalue weighted by atomic mass is 32.1. The lowest BCUT2D eigenvalue weighted by atomic mass is 10.2. The number of methoxy groups -OCH3 is 1. The average Bonchev–Trinajstić information content (AvgIpc) is 3.35. The van der Waals surface area contributed by atoms with E-state index in [4.69, 9.17) is 14.0 Å². The molecule has 3 heterocycles. The number of aryl methyl sites for hydroxylation is 1. The van der Waals surface area contributed by atoms with E-state index in [0.717, 1.165) is 32.8 Å². The molecule has 138 valence electrons. The van der Waals surface area contributed by atoms with E-state index in [1.807, 2.05) is 25.1 Å². The first kappa shape index (κ1) is 17.6. The van der Waals surface area contributed by atoms with Crippen LogP contribution in [0.1, 0.15) is 22.7 Å². The fourth-order valence-corrected chi connectivity index (χ4v) is 7.24. The Labute approximate surface area is 156 Å². The second-order valence-corrected chi connectivity index (χ2v) is 10.3. The van der Waals surface area contributed by atoms with Crippen LogP contribution in [0.4, 0.5) is 0 Å². The summed E-state index contributed by atoms with van der Waals surface area (Å²) in [6.07, 6.45) is 3.13. The topological polar surface area (TPSA) is 73.4 Å². The van der Waals surface area contributed by atoms with Gasteiger partial charge in [0.25, 0.3) is 6.01 Å². The minimum atomic E-state index is -2.79. The van der Waals surface area contributed by atoms with E-state index in [0.29, 0.717) is 18.8 Å². The van der Waals surface area contributed by atoms with Crippen molar-refractivity contribution in [3.05, 3.63) is 41.0 Å². The molecular formula is C18H21N2O4PS. The van der Waals surface area contributed by atoms with Crippen molar-refractivity contribution in [2.75, 3.05) is 26.5 Å². The van der Waals surface area contributed by atoms with Gasteiger partial charge in [-0.3, -0.25) is 4.57 Å². The third-order valence-electron chi connectivity index (χ3n) is 4.53. The molecule has 0 amide bonds. The number of fused-ring (bicyclic) bond motifs is 1. The summed E-state index contributed by atoms with van der Waals surface area (Å²) in [6, 6.07) is 8.49. The normalized spacial score (nSPS) is 21.2. The molecule has 3 aromatic rings. The first-order chi connectivity index (χ1) is 12.6. The van der Waals surface area contributed by atoms with Gasteiger partial charge in [0.15, 0.2) is 0 Å². The van der Waals surface area contributed by atoms with E-state index in [2.05, 4.69) is 16.0 Å². The molecule has 0 radical (unpaired) electrons. The number of imidazole rings is 1. The lowest BCUT2D eigenvalue weighted by Gasteiger charge is -2.21. The number of hydrogen-bond donors (Lipinski definition) is 1. The molecule has 6 nitrogen and oxygen atoms in total. The molecule has 0 spiro atoms. The predicted molar refractivity (Wildman–Crippen MR) is 103 cm³/mol. The summed E-state index contributed by atoms with van der Waals surface area (Å²) in [7, 11) is -1.14. The molecule has 0 bridgehead atoms. The van der Waals surface area contributed by atoms with Gasteiger partial charge in [0.2, 0.25) is 7.37 Å². The van der Waals surface area contributed by atoms with Crippen molar-refractivity contribution in [1.29, 1.82) is 0 Å². The Hall–Kier alpha value is -1.82. The van der Waals surface area contributed by atoms with Crippen molar-refractivity contribution < 1.29 is 18.6 Å². The first-order valence-corrected chi connectivity index (χ1v) is 11.2. The van der Waals surface area contributed by atoms with E-state index in [1.165, 1.54) is 0 Å². The maximum absolute atomic E-state index is 13.4. The molecule has 26 heavy (non-hydrogen) atoms. The van der Waals surface area contributed by atoms with Crippen molar-refractivity contribution in [2.45, 2.75) is 19.0 Å². The molecular weight excluding hydrogens is 371 g/mol. The Morgan fingerprint density at radius 2 is 2.31 bits per heavy atom. The lowest BCUT2D eigenvalue weighted by molar-refractivity contribution is 0.277. The SMILES string of the molecule is COc1ccc2cc(C(COc3ncc(C)[nH]3)P3(=O)CCCO3)sc2c1. The maximum Gasteiger partial charge on any atom is 0.293 e. The number of H-pyrrole nitrogens is 1. The van der Waals surface area contributed by atoms with Crippen LogP contribution in [0.15, 0.2) is 30.5 Å². The second-order valence-electron chi connectivity index (χ2n) is 6.39. The molecule has 0 aliphatic carbocycles. The van der Waals surface area contributed by atoms with E-state index in [1.54, 1.807) is 24.6 Å². The summed E-state index contributed by atoms with van der Waals surface area (Å²) in [5, 5.41) is 1.11. The van der Waals surface area contributed by atoms with Crippen LogP contribution in [-0.4, -0.2) is 36.5 Å². The molecule has 2 atom stereocenters. The summed E-state index contributed by atoms with van der Waals surface area (Å²) in [5.41, 5.74) is 0.632.